The average molecular weight is 550 g/mol. The molecule has 1 aromatic carbocycles. The average Bonchev–Trinajstić information content (AvgIpc) is 3.34. The lowest BCUT2D eigenvalue weighted by Gasteiger charge is -2.19. The van der Waals surface area contributed by atoms with Gasteiger partial charge >= 0.3 is 0 Å². The molecule has 3 heterocycles. The number of nitrogens with one attached hydrogen (secondary N) is 2. The SMILES string of the molecule is CCCS(=O)(=O)Nc1cccc(-c2nc(C3CCOCC3)sc2-c2ccnc(NCC(O)CC)n2)c1F. The van der Waals surface area contributed by atoms with E-state index in [2.05, 4.69) is 20.0 Å². The Morgan fingerprint density at radius 2 is 2.00 bits per heavy atom. The highest BCUT2D eigenvalue weighted by molar-refractivity contribution is 7.92. The Balaban J connectivity index is 1.76. The molecule has 0 bridgehead atoms. The summed E-state index contributed by atoms with van der Waals surface area (Å²) in [6.07, 6.45) is 3.72. The van der Waals surface area contributed by atoms with Gasteiger partial charge in [0, 0.05) is 37.4 Å². The Morgan fingerprint density at radius 1 is 1.22 bits per heavy atom. The van der Waals surface area contributed by atoms with Crippen molar-refractivity contribution in [3.05, 3.63) is 41.3 Å². The molecule has 1 atom stereocenters. The van der Waals surface area contributed by atoms with Gasteiger partial charge in [0.15, 0.2) is 5.82 Å². The van der Waals surface area contributed by atoms with Crippen LogP contribution < -0.4 is 10.0 Å². The maximum absolute atomic E-state index is 15.7. The van der Waals surface area contributed by atoms with Gasteiger partial charge in [0.25, 0.3) is 0 Å². The van der Waals surface area contributed by atoms with Gasteiger partial charge in [-0.25, -0.2) is 27.8 Å². The third-order valence-corrected chi connectivity index (χ3v) is 8.78. The normalized spacial score (nSPS) is 15.5. The molecule has 1 saturated heterocycles. The number of sulfonamides is 1. The molecular weight excluding hydrogens is 517 g/mol. The van der Waals surface area contributed by atoms with Crippen LogP contribution in [0.5, 0.6) is 0 Å². The van der Waals surface area contributed by atoms with Gasteiger partial charge in [-0.1, -0.05) is 19.9 Å². The highest BCUT2D eigenvalue weighted by Crippen LogP contribution is 2.42. The molecule has 0 aliphatic carbocycles. The zero-order valence-corrected chi connectivity index (χ0v) is 22.5. The number of hydrogen-bond donors (Lipinski definition) is 3. The summed E-state index contributed by atoms with van der Waals surface area (Å²) >= 11 is 1.45. The van der Waals surface area contributed by atoms with Crippen LogP contribution in [0.4, 0.5) is 16.0 Å². The van der Waals surface area contributed by atoms with E-state index < -0.39 is 21.9 Å². The second-order valence-electron chi connectivity index (χ2n) is 8.91. The van der Waals surface area contributed by atoms with Crippen molar-refractivity contribution in [3.63, 3.8) is 0 Å². The minimum atomic E-state index is -3.67. The molecule has 37 heavy (non-hydrogen) atoms. The van der Waals surface area contributed by atoms with Crippen molar-refractivity contribution in [2.45, 2.75) is 51.6 Å². The topological polar surface area (TPSA) is 126 Å². The molecule has 9 nitrogen and oxygen atoms in total. The molecule has 1 aliphatic rings. The van der Waals surface area contributed by atoms with Crippen molar-refractivity contribution in [1.29, 1.82) is 0 Å². The van der Waals surface area contributed by atoms with Crippen LogP contribution in [0.2, 0.25) is 0 Å². The third-order valence-electron chi connectivity index (χ3n) is 6.06. The van der Waals surface area contributed by atoms with Gasteiger partial charge in [-0.05, 0) is 43.9 Å². The van der Waals surface area contributed by atoms with Crippen LogP contribution in [-0.2, 0) is 14.8 Å². The van der Waals surface area contributed by atoms with E-state index in [0.29, 0.717) is 54.8 Å². The number of thiazole rings is 1. The number of ether oxygens (including phenoxy) is 1. The van der Waals surface area contributed by atoms with E-state index in [9.17, 15) is 13.5 Å². The number of aromatic nitrogens is 3. The minimum Gasteiger partial charge on any atom is -0.391 e. The van der Waals surface area contributed by atoms with Gasteiger partial charge in [0.2, 0.25) is 16.0 Å². The first-order chi connectivity index (χ1) is 17.8. The molecule has 3 aromatic rings. The van der Waals surface area contributed by atoms with Crippen molar-refractivity contribution in [2.24, 2.45) is 0 Å². The molecule has 0 amide bonds. The van der Waals surface area contributed by atoms with E-state index in [-0.39, 0.29) is 22.9 Å². The summed E-state index contributed by atoms with van der Waals surface area (Å²) in [4.78, 5) is 14.4. The summed E-state index contributed by atoms with van der Waals surface area (Å²) in [7, 11) is -3.67. The number of hydrogen-bond acceptors (Lipinski definition) is 9. The number of rotatable bonds is 11. The fraction of sp³-hybridized carbons (Fsp3) is 0.480. The zero-order chi connectivity index (χ0) is 26.4. The van der Waals surface area contributed by atoms with E-state index in [1.165, 1.54) is 17.4 Å². The summed E-state index contributed by atoms with van der Waals surface area (Å²) in [6.45, 7) is 5.21. The van der Waals surface area contributed by atoms with Crippen molar-refractivity contribution >= 4 is 33.0 Å². The predicted octanol–water partition coefficient (Wildman–Crippen LogP) is 4.63. The van der Waals surface area contributed by atoms with Crippen LogP contribution >= 0.6 is 11.3 Å². The smallest absolute Gasteiger partial charge is 0.232 e. The first-order valence-electron chi connectivity index (χ1n) is 12.4. The second-order valence-corrected chi connectivity index (χ2v) is 11.8. The van der Waals surface area contributed by atoms with Crippen LogP contribution in [-0.4, -0.2) is 60.1 Å². The maximum Gasteiger partial charge on any atom is 0.232 e. The number of aliphatic hydroxyl groups excluding tert-OH is 1. The molecule has 4 rings (SSSR count). The van der Waals surface area contributed by atoms with E-state index in [4.69, 9.17) is 9.72 Å². The van der Waals surface area contributed by atoms with E-state index in [0.717, 1.165) is 17.8 Å². The second kappa shape index (κ2) is 12.2. The van der Waals surface area contributed by atoms with Gasteiger partial charge in [0.05, 0.1) is 38.8 Å². The Morgan fingerprint density at radius 3 is 2.73 bits per heavy atom. The Kier molecular flexibility index (Phi) is 9.06. The number of aliphatic hydroxyl groups is 1. The molecule has 3 N–H and O–H groups in total. The van der Waals surface area contributed by atoms with Crippen LogP contribution in [0.3, 0.4) is 0 Å². The van der Waals surface area contributed by atoms with Gasteiger partial charge in [-0.2, -0.15) is 0 Å². The lowest BCUT2D eigenvalue weighted by Crippen LogP contribution is -2.19. The fourth-order valence-electron chi connectivity index (χ4n) is 4.02. The number of halogens is 1. The van der Waals surface area contributed by atoms with E-state index in [1.54, 1.807) is 31.3 Å². The molecule has 200 valence electrons. The highest BCUT2D eigenvalue weighted by atomic mass is 32.2. The summed E-state index contributed by atoms with van der Waals surface area (Å²) in [5.74, 6) is -0.264. The summed E-state index contributed by atoms with van der Waals surface area (Å²) < 4.78 is 48.3. The van der Waals surface area contributed by atoms with Crippen molar-refractivity contribution < 1.29 is 22.7 Å². The molecule has 0 saturated carbocycles. The highest BCUT2D eigenvalue weighted by Gasteiger charge is 2.26. The molecule has 1 unspecified atom stereocenters. The van der Waals surface area contributed by atoms with Gasteiger partial charge in [-0.15, -0.1) is 11.3 Å². The monoisotopic (exact) mass is 549 g/mol. The molecule has 1 aliphatic heterocycles. The molecule has 1 fully saturated rings. The van der Waals surface area contributed by atoms with Crippen molar-refractivity contribution in [2.75, 3.05) is 35.6 Å². The van der Waals surface area contributed by atoms with Crippen molar-refractivity contribution in [1.82, 2.24) is 15.0 Å². The van der Waals surface area contributed by atoms with E-state index >= 15 is 4.39 Å². The zero-order valence-electron chi connectivity index (χ0n) is 20.9. The van der Waals surface area contributed by atoms with E-state index in [1.807, 2.05) is 6.92 Å². The lowest BCUT2D eigenvalue weighted by atomic mass is 10.0. The first kappa shape index (κ1) is 27.4. The van der Waals surface area contributed by atoms with Crippen molar-refractivity contribution in [3.8, 4) is 21.8 Å². The fourth-order valence-corrected chi connectivity index (χ4v) is 6.37. The first-order valence-corrected chi connectivity index (χ1v) is 14.9. The predicted molar refractivity (Wildman–Crippen MR) is 144 cm³/mol. The maximum atomic E-state index is 15.7. The van der Waals surface area contributed by atoms with Gasteiger partial charge < -0.3 is 15.2 Å². The standard InChI is InChI=1S/C25H32FN5O4S2/c1-3-14-37(33,34)31-19-7-5-6-18(21(19)26)22-23(36-24(30-22)16-9-12-35-13-10-16)20-8-11-27-25(29-20)28-15-17(32)4-2/h5-8,11,16-17,31-32H,3-4,9-10,12-15H2,1-2H3,(H,27,28,29). The Labute approximate surface area is 220 Å². The number of benzene rings is 1. The van der Waals surface area contributed by atoms with Crippen LogP contribution in [0, 0.1) is 5.82 Å². The Bertz CT molecular complexity index is 1310. The van der Waals surface area contributed by atoms with Gasteiger partial charge in [-0.3, -0.25) is 4.72 Å². The third kappa shape index (κ3) is 6.81. The number of anilines is 2. The molecule has 2 aromatic heterocycles. The van der Waals surface area contributed by atoms with Gasteiger partial charge in [0.1, 0.15) is 0 Å². The Hall–Kier alpha value is -2.67. The largest absolute Gasteiger partial charge is 0.391 e. The molecular formula is C25H32FN5O4S2. The minimum absolute atomic E-state index is 0.101. The lowest BCUT2D eigenvalue weighted by molar-refractivity contribution is 0.0853. The van der Waals surface area contributed by atoms with Crippen LogP contribution in [0.25, 0.3) is 21.8 Å². The van der Waals surface area contributed by atoms with Crippen LogP contribution in [0.15, 0.2) is 30.5 Å². The molecule has 0 radical (unpaired) electrons. The number of nitrogens with zero attached hydrogens (tertiary/aromatic N) is 3. The quantitative estimate of drug-likeness (QED) is 0.316. The van der Waals surface area contributed by atoms with Crippen LogP contribution in [0.1, 0.15) is 50.5 Å². The summed E-state index contributed by atoms with van der Waals surface area (Å²) in [5.41, 5.74) is 1.04. The summed E-state index contributed by atoms with van der Waals surface area (Å²) in [6, 6.07) is 6.34. The molecule has 0 spiro atoms. The summed E-state index contributed by atoms with van der Waals surface area (Å²) in [5, 5.41) is 13.8. The molecule has 12 heteroatoms.